The van der Waals surface area contributed by atoms with Gasteiger partial charge in [-0.2, -0.15) is 0 Å². The van der Waals surface area contributed by atoms with Crippen LogP contribution in [0.2, 0.25) is 0 Å². The molecular weight excluding hydrogens is 200 g/mol. The highest BCUT2D eigenvalue weighted by molar-refractivity contribution is 5.79. The van der Waals surface area contributed by atoms with Gasteiger partial charge in [-0.05, 0) is 31.6 Å². The van der Waals surface area contributed by atoms with Crippen molar-refractivity contribution < 1.29 is 9.53 Å². The molecule has 2 aliphatic carbocycles. The summed E-state index contributed by atoms with van der Waals surface area (Å²) in [5, 5.41) is 0. The van der Waals surface area contributed by atoms with Crippen LogP contribution in [0.1, 0.15) is 32.6 Å². The van der Waals surface area contributed by atoms with Crippen LogP contribution in [0.25, 0.3) is 0 Å². The van der Waals surface area contributed by atoms with Gasteiger partial charge in [0.15, 0.2) is 0 Å². The molecule has 2 unspecified atom stereocenters. The first-order valence-corrected chi connectivity index (χ1v) is 6.29. The summed E-state index contributed by atoms with van der Waals surface area (Å²) < 4.78 is 5.74. The molecule has 1 saturated carbocycles. The molecule has 2 heteroatoms. The van der Waals surface area contributed by atoms with Crippen molar-refractivity contribution in [3.05, 3.63) is 24.3 Å². The Kier molecular flexibility index (Phi) is 2.20. The Morgan fingerprint density at radius 3 is 2.69 bits per heavy atom. The molecule has 1 aliphatic heterocycles. The van der Waals surface area contributed by atoms with Crippen LogP contribution in [-0.4, -0.2) is 11.6 Å². The largest absolute Gasteiger partial charge is 0.458 e. The molecule has 1 spiro atoms. The standard InChI is InChI=1S/C14H18O2/c1-10-6-8-14(9-7-10)12-5-3-2-4-11(12)13(15)16-14/h2-5,10-12H,6-9H2,1H3. The van der Waals surface area contributed by atoms with Gasteiger partial charge in [-0.15, -0.1) is 0 Å². The quantitative estimate of drug-likeness (QED) is 0.584. The lowest BCUT2D eigenvalue weighted by atomic mass is 9.69. The first kappa shape index (κ1) is 10.1. The van der Waals surface area contributed by atoms with Gasteiger partial charge in [-0.1, -0.05) is 31.2 Å². The summed E-state index contributed by atoms with van der Waals surface area (Å²) >= 11 is 0. The van der Waals surface area contributed by atoms with Gasteiger partial charge in [-0.3, -0.25) is 4.79 Å². The maximum Gasteiger partial charge on any atom is 0.314 e. The molecule has 0 aromatic carbocycles. The van der Waals surface area contributed by atoms with E-state index in [-0.39, 0.29) is 23.4 Å². The van der Waals surface area contributed by atoms with Crippen molar-refractivity contribution in [3.63, 3.8) is 0 Å². The summed E-state index contributed by atoms with van der Waals surface area (Å²) in [6, 6.07) is 0. The molecule has 3 rings (SSSR count). The van der Waals surface area contributed by atoms with Crippen LogP contribution < -0.4 is 0 Å². The van der Waals surface area contributed by atoms with Crippen molar-refractivity contribution in [2.24, 2.45) is 17.8 Å². The molecule has 0 amide bonds. The van der Waals surface area contributed by atoms with E-state index in [1.165, 1.54) is 12.8 Å². The minimum absolute atomic E-state index is 0.0137. The van der Waals surface area contributed by atoms with Gasteiger partial charge < -0.3 is 4.74 Å². The van der Waals surface area contributed by atoms with E-state index in [9.17, 15) is 4.79 Å². The van der Waals surface area contributed by atoms with E-state index in [2.05, 4.69) is 19.1 Å². The molecule has 0 bridgehead atoms. The van der Waals surface area contributed by atoms with E-state index in [1.807, 2.05) is 12.2 Å². The van der Waals surface area contributed by atoms with E-state index >= 15 is 0 Å². The van der Waals surface area contributed by atoms with E-state index in [1.54, 1.807) is 0 Å². The highest BCUT2D eigenvalue weighted by Crippen LogP contribution is 2.49. The molecule has 86 valence electrons. The molecule has 0 aromatic heterocycles. The van der Waals surface area contributed by atoms with Crippen LogP contribution in [0, 0.1) is 17.8 Å². The van der Waals surface area contributed by atoms with Crippen LogP contribution in [0.5, 0.6) is 0 Å². The monoisotopic (exact) mass is 218 g/mol. The Bertz CT molecular complexity index is 359. The molecule has 2 atom stereocenters. The van der Waals surface area contributed by atoms with Gasteiger partial charge in [0.05, 0.1) is 5.92 Å². The molecule has 16 heavy (non-hydrogen) atoms. The number of carbonyl (C=O) groups excluding carboxylic acids is 1. The van der Waals surface area contributed by atoms with E-state index in [0.717, 1.165) is 18.8 Å². The van der Waals surface area contributed by atoms with Crippen molar-refractivity contribution in [2.75, 3.05) is 0 Å². The Morgan fingerprint density at radius 1 is 1.25 bits per heavy atom. The van der Waals surface area contributed by atoms with Gasteiger partial charge >= 0.3 is 5.97 Å². The van der Waals surface area contributed by atoms with Gasteiger partial charge in [0.25, 0.3) is 0 Å². The second-order valence-corrected chi connectivity index (χ2v) is 5.49. The molecule has 2 nitrogen and oxygen atoms in total. The third kappa shape index (κ3) is 1.35. The maximum atomic E-state index is 11.9. The highest BCUT2D eigenvalue weighted by atomic mass is 16.6. The van der Waals surface area contributed by atoms with E-state index < -0.39 is 0 Å². The second kappa shape index (κ2) is 3.47. The minimum Gasteiger partial charge on any atom is -0.458 e. The molecule has 0 aromatic rings. The maximum absolute atomic E-state index is 11.9. The Labute approximate surface area is 96.4 Å². The summed E-state index contributed by atoms with van der Waals surface area (Å²) in [6.07, 6.45) is 12.7. The van der Waals surface area contributed by atoms with Crippen molar-refractivity contribution in [1.82, 2.24) is 0 Å². The van der Waals surface area contributed by atoms with Crippen molar-refractivity contribution in [2.45, 2.75) is 38.2 Å². The summed E-state index contributed by atoms with van der Waals surface area (Å²) in [5.41, 5.74) is -0.171. The number of allylic oxidation sites excluding steroid dienone is 2. The van der Waals surface area contributed by atoms with Crippen molar-refractivity contribution in [1.29, 1.82) is 0 Å². The highest BCUT2D eigenvalue weighted by Gasteiger charge is 2.54. The van der Waals surface area contributed by atoms with E-state index in [4.69, 9.17) is 4.74 Å². The third-order valence-electron chi connectivity index (χ3n) is 4.44. The summed E-state index contributed by atoms with van der Waals surface area (Å²) in [6.45, 7) is 2.29. The fourth-order valence-electron chi connectivity index (χ4n) is 3.36. The van der Waals surface area contributed by atoms with Gasteiger partial charge in [0.2, 0.25) is 0 Å². The molecule has 0 N–H and O–H groups in total. The minimum atomic E-state index is -0.171. The van der Waals surface area contributed by atoms with Gasteiger partial charge in [0.1, 0.15) is 5.60 Å². The number of hydrogen-bond donors (Lipinski definition) is 0. The van der Waals surface area contributed by atoms with Crippen LogP contribution in [0.4, 0.5) is 0 Å². The Hall–Kier alpha value is -1.05. The molecule has 3 aliphatic rings. The molecule has 0 radical (unpaired) electrons. The van der Waals surface area contributed by atoms with Crippen LogP contribution in [-0.2, 0) is 9.53 Å². The number of carbonyl (C=O) groups is 1. The number of ether oxygens (including phenoxy) is 1. The van der Waals surface area contributed by atoms with E-state index in [0.29, 0.717) is 0 Å². The van der Waals surface area contributed by atoms with Gasteiger partial charge in [-0.25, -0.2) is 0 Å². The zero-order chi connectivity index (χ0) is 11.2. The SMILES string of the molecule is CC1CCC2(CC1)OC(=O)C1C=CC=CC12. The van der Waals surface area contributed by atoms with Crippen LogP contribution >= 0.6 is 0 Å². The summed E-state index contributed by atoms with van der Waals surface area (Å²) in [7, 11) is 0. The average molecular weight is 218 g/mol. The lowest BCUT2D eigenvalue weighted by molar-refractivity contribution is -0.153. The molecule has 1 saturated heterocycles. The first-order valence-electron chi connectivity index (χ1n) is 6.29. The number of fused-ring (bicyclic) bond motifs is 2. The third-order valence-corrected chi connectivity index (χ3v) is 4.44. The van der Waals surface area contributed by atoms with Crippen molar-refractivity contribution in [3.8, 4) is 0 Å². The predicted octanol–water partition coefficient (Wildman–Crippen LogP) is 2.85. The number of rotatable bonds is 0. The smallest absolute Gasteiger partial charge is 0.314 e. The predicted molar refractivity (Wildman–Crippen MR) is 61.7 cm³/mol. The van der Waals surface area contributed by atoms with Gasteiger partial charge in [0, 0.05) is 5.92 Å². The van der Waals surface area contributed by atoms with Crippen LogP contribution in [0.3, 0.4) is 0 Å². The summed E-state index contributed by atoms with van der Waals surface area (Å²) in [4.78, 5) is 11.9. The molecule has 1 heterocycles. The normalized spacial score (nSPS) is 45.8. The fraction of sp³-hybridized carbons (Fsp3) is 0.643. The zero-order valence-electron chi connectivity index (χ0n) is 9.69. The second-order valence-electron chi connectivity index (χ2n) is 5.49. The zero-order valence-corrected chi connectivity index (χ0v) is 9.69. The molecule has 2 fully saturated rings. The fourth-order valence-corrected chi connectivity index (χ4v) is 3.36. The Balaban J connectivity index is 1.89. The Morgan fingerprint density at radius 2 is 1.94 bits per heavy atom. The molecular formula is C14H18O2. The average Bonchev–Trinajstić information content (AvgIpc) is 2.58. The number of hydrogen-bond acceptors (Lipinski definition) is 2. The van der Waals surface area contributed by atoms with Crippen molar-refractivity contribution >= 4 is 5.97 Å². The lowest BCUT2D eigenvalue weighted by Crippen LogP contribution is -2.39. The first-order chi connectivity index (χ1) is 7.71. The summed E-state index contributed by atoms with van der Waals surface area (Å²) in [5.74, 6) is 1.04. The lowest BCUT2D eigenvalue weighted by Gasteiger charge is -2.38. The van der Waals surface area contributed by atoms with Crippen LogP contribution in [0.15, 0.2) is 24.3 Å². The number of esters is 1. The topological polar surface area (TPSA) is 26.3 Å².